The average Bonchev–Trinajstić information content (AvgIpc) is 2.55. The number of hydrogen-bond donors (Lipinski definition) is 2. The predicted molar refractivity (Wildman–Crippen MR) is 115 cm³/mol. The zero-order valence-electron chi connectivity index (χ0n) is 14.5. The lowest BCUT2D eigenvalue weighted by atomic mass is 10.1. The molecule has 0 aliphatic heterocycles. The van der Waals surface area contributed by atoms with Gasteiger partial charge in [0.1, 0.15) is 11.5 Å². The highest BCUT2D eigenvalue weighted by atomic mass is 127. The van der Waals surface area contributed by atoms with Gasteiger partial charge in [0.2, 0.25) is 0 Å². The van der Waals surface area contributed by atoms with Crippen LogP contribution in [0.25, 0.3) is 0 Å². The van der Waals surface area contributed by atoms with Gasteiger partial charge in [0, 0.05) is 12.2 Å². The van der Waals surface area contributed by atoms with E-state index in [9.17, 15) is 0 Å². The van der Waals surface area contributed by atoms with E-state index in [1.165, 1.54) is 5.56 Å². The van der Waals surface area contributed by atoms with Crippen LogP contribution < -0.4 is 20.5 Å². The van der Waals surface area contributed by atoms with Crippen LogP contribution in [0.15, 0.2) is 41.4 Å². The van der Waals surface area contributed by atoms with Crippen molar-refractivity contribution >= 4 is 47.2 Å². The van der Waals surface area contributed by atoms with Crippen molar-refractivity contribution in [2.75, 3.05) is 26.1 Å². The molecular formula is C18H23ClIN3O2. The molecule has 0 saturated heterocycles. The second kappa shape index (κ2) is 10.4. The molecule has 0 bridgehead atoms. The topological polar surface area (TPSA) is 68.9 Å². The number of anilines is 1. The van der Waals surface area contributed by atoms with E-state index in [1.54, 1.807) is 26.4 Å². The molecule has 2 rings (SSSR count). The second-order valence-corrected chi connectivity index (χ2v) is 5.71. The molecule has 7 heteroatoms. The van der Waals surface area contributed by atoms with Crippen molar-refractivity contribution in [2.24, 2.45) is 10.7 Å². The van der Waals surface area contributed by atoms with E-state index < -0.39 is 0 Å². The first-order valence-corrected chi connectivity index (χ1v) is 7.95. The summed E-state index contributed by atoms with van der Waals surface area (Å²) in [5.41, 5.74) is 8.98. The van der Waals surface area contributed by atoms with Crippen LogP contribution in [0, 0.1) is 6.92 Å². The molecule has 136 valence electrons. The Hall–Kier alpha value is -1.67. The lowest BCUT2D eigenvalue weighted by molar-refractivity contribution is 0.409. The molecular weight excluding hydrogens is 453 g/mol. The summed E-state index contributed by atoms with van der Waals surface area (Å²) in [5, 5.41) is 3.53. The first-order valence-electron chi connectivity index (χ1n) is 7.57. The van der Waals surface area contributed by atoms with Gasteiger partial charge in [-0.1, -0.05) is 29.3 Å². The van der Waals surface area contributed by atoms with Crippen LogP contribution in [0.2, 0.25) is 5.02 Å². The Labute approximate surface area is 170 Å². The van der Waals surface area contributed by atoms with Crippen LogP contribution >= 0.6 is 35.6 Å². The van der Waals surface area contributed by atoms with Crippen LogP contribution in [-0.4, -0.2) is 26.7 Å². The molecule has 2 aromatic carbocycles. The maximum Gasteiger partial charge on any atom is 0.193 e. The SMILES string of the molecule is COc1ccc(NC(N)=NCCc2cc(C)ccc2OC)cc1Cl.I. The molecule has 0 aliphatic carbocycles. The quantitative estimate of drug-likeness (QED) is 0.372. The number of aliphatic imine (C=N–C) groups is 1. The standard InChI is InChI=1S/C18H22ClN3O2.HI/c1-12-4-6-16(23-2)13(10-12)8-9-21-18(20)22-14-5-7-17(24-3)15(19)11-14;/h4-7,10-11H,8-9H2,1-3H3,(H3,20,21,22);1H. The Bertz CT molecular complexity index is 738. The summed E-state index contributed by atoms with van der Waals surface area (Å²) in [4.78, 5) is 4.35. The summed E-state index contributed by atoms with van der Waals surface area (Å²) in [7, 11) is 3.24. The second-order valence-electron chi connectivity index (χ2n) is 5.31. The number of halogens is 2. The zero-order chi connectivity index (χ0) is 17.5. The van der Waals surface area contributed by atoms with Gasteiger partial charge in [0.05, 0.1) is 19.2 Å². The highest BCUT2D eigenvalue weighted by Crippen LogP contribution is 2.27. The van der Waals surface area contributed by atoms with Crippen molar-refractivity contribution < 1.29 is 9.47 Å². The number of hydrogen-bond acceptors (Lipinski definition) is 3. The molecule has 0 unspecified atom stereocenters. The number of nitrogens with zero attached hydrogens (tertiary/aromatic N) is 1. The molecule has 0 radical (unpaired) electrons. The molecule has 0 saturated carbocycles. The highest BCUT2D eigenvalue weighted by molar-refractivity contribution is 14.0. The van der Waals surface area contributed by atoms with Crippen LogP contribution in [0.1, 0.15) is 11.1 Å². The predicted octanol–water partition coefficient (Wildman–Crippen LogP) is 4.25. The van der Waals surface area contributed by atoms with E-state index in [-0.39, 0.29) is 24.0 Å². The van der Waals surface area contributed by atoms with Gasteiger partial charge in [-0.15, -0.1) is 24.0 Å². The van der Waals surface area contributed by atoms with E-state index in [0.29, 0.717) is 23.3 Å². The van der Waals surface area contributed by atoms with Gasteiger partial charge >= 0.3 is 0 Å². The number of nitrogens with one attached hydrogen (secondary N) is 1. The van der Waals surface area contributed by atoms with Gasteiger partial charge in [0.25, 0.3) is 0 Å². The number of ether oxygens (including phenoxy) is 2. The minimum absolute atomic E-state index is 0. The van der Waals surface area contributed by atoms with Crippen molar-refractivity contribution in [3.63, 3.8) is 0 Å². The van der Waals surface area contributed by atoms with Crippen LogP contribution in [0.5, 0.6) is 11.5 Å². The Morgan fingerprint density at radius 1 is 1.12 bits per heavy atom. The van der Waals surface area contributed by atoms with E-state index in [0.717, 1.165) is 23.4 Å². The van der Waals surface area contributed by atoms with Gasteiger partial charge in [-0.2, -0.15) is 0 Å². The lowest BCUT2D eigenvalue weighted by Crippen LogP contribution is -2.23. The summed E-state index contributed by atoms with van der Waals surface area (Å²) >= 11 is 6.09. The van der Waals surface area contributed by atoms with Crippen molar-refractivity contribution in [3.8, 4) is 11.5 Å². The fourth-order valence-electron chi connectivity index (χ4n) is 2.33. The van der Waals surface area contributed by atoms with Crippen LogP contribution in [0.4, 0.5) is 5.69 Å². The first-order chi connectivity index (χ1) is 11.5. The number of nitrogens with two attached hydrogens (primary N) is 1. The molecule has 25 heavy (non-hydrogen) atoms. The Morgan fingerprint density at radius 3 is 2.44 bits per heavy atom. The largest absolute Gasteiger partial charge is 0.496 e. The minimum atomic E-state index is 0. The first kappa shape index (κ1) is 21.4. The van der Waals surface area contributed by atoms with Crippen molar-refractivity contribution in [1.29, 1.82) is 0 Å². The van der Waals surface area contributed by atoms with E-state index in [4.69, 9.17) is 26.8 Å². The molecule has 2 aromatic rings. The van der Waals surface area contributed by atoms with E-state index in [2.05, 4.69) is 23.3 Å². The minimum Gasteiger partial charge on any atom is -0.496 e. The molecule has 0 aromatic heterocycles. The number of benzene rings is 2. The molecule has 0 amide bonds. The summed E-state index contributed by atoms with van der Waals surface area (Å²) < 4.78 is 10.5. The summed E-state index contributed by atoms with van der Waals surface area (Å²) in [6.07, 6.45) is 0.747. The maximum absolute atomic E-state index is 6.09. The third-order valence-corrected chi connectivity index (χ3v) is 3.82. The Morgan fingerprint density at radius 2 is 1.80 bits per heavy atom. The van der Waals surface area contributed by atoms with Crippen molar-refractivity contribution in [2.45, 2.75) is 13.3 Å². The monoisotopic (exact) mass is 475 g/mol. The number of aryl methyl sites for hydroxylation is 1. The molecule has 0 heterocycles. The average molecular weight is 476 g/mol. The molecule has 0 aliphatic rings. The molecule has 5 nitrogen and oxygen atoms in total. The number of rotatable bonds is 6. The number of guanidine groups is 1. The van der Waals surface area contributed by atoms with E-state index >= 15 is 0 Å². The van der Waals surface area contributed by atoms with Gasteiger partial charge in [-0.3, -0.25) is 4.99 Å². The third kappa shape index (κ3) is 6.28. The van der Waals surface area contributed by atoms with Gasteiger partial charge in [0.15, 0.2) is 5.96 Å². The Balaban J connectivity index is 0.00000312. The number of methoxy groups -OCH3 is 2. The highest BCUT2D eigenvalue weighted by Gasteiger charge is 2.04. The van der Waals surface area contributed by atoms with E-state index in [1.807, 2.05) is 18.2 Å². The fraction of sp³-hybridized carbons (Fsp3) is 0.278. The van der Waals surface area contributed by atoms with Gasteiger partial charge in [-0.05, 0) is 43.2 Å². The third-order valence-electron chi connectivity index (χ3n) is 3.52. The van der Waals surface area contributed by atoms with Crippen LogP contribution in [-0.2, 0) is 6.42 Å². The summed E-state index contributed by atoms with van der Waals surface area (Å²) in [6, 6.07) is 11.4. The Kier molecular flexibility index (Phi) is 8.85. The normalized spacial score (nSPS) is 10.8. The van der Waals surface area contributed by atoms with Crippen LogP contribution in [0.3, 0.4) is 0 Å². The summed E-state index contributed by atoms with van der Waals surface area (Å²) in [5.74, 6) is 1.82. The molecule has 0 fully saturated rings. The van der Waals surface area contributed by atoms with Crippen molar-refractivity contribution in [1.82, 2.24) is 0 Å². The van der Waals surface area contributed by atoms with Gasteiger partial charge < -0.3 is 20.5 Å². The fourth-order valence-corrected chi connectivity index (χ4v) is 2.59. The zero-order valence-corrected chi connectivity index (χ0v) is 17.6. The molecule has 0 spiro atoms. The van der Waals surface area contributed by atoms with Crippen molar-refractivity contribution in [3.05, 3.63) is 52.5 Å². The maximum atomic E-state index is 6.09. The molecule has 3 N–H and O–H groups in total. The smallest absolute Gasteiger partial charge is 0.193 e. The molecule has 0 atom stereocenters. The van der Waals surface area contributed by atoms with Gasteiger partial charge in [-0.25, -0.2) is 0 Å². The summed E-state index contributed by atoms with van der Waals surface area (Å²) in [6.45, 7) is 2.61. The lowest BCUT2D eigenvalue weighted by Gasteiger charge is -2.10.